The number of thiophene rings is 1. The quantitative estimate of drug-likeness (QED) is 0.294. The summed E-state index contributed by atoms with van der Waals surface area (Å²) < 4.78 is 0. The number of anilines is 2. The van der Waals surface area contributed by atoms with Gasteiger partial charge in [0.25, 0.3) is 0 Å². The Labute approximate surface area is 209 Å². The molecule has 1 aliphatic carbocycles. The van der Waals surface area contributed by atoms with Crippen LogP contribution in [0.4, 0.5) is 10.9 Å². The van der Waals surface area contributed by atoms with Crippen LogP contribution in [0.2, 0.25) is 0 Å². The third kappa shape index (κ3) is 4.60. The summed E-state index contributed by atoms with van der Waals surface area (Å²) >= 11 is 1.37. The Morgan fingerprint density at radius 2 is 2.20 bits per heavy atom. The largest absolute Gasteiger partial charge is 0.389 e. The van der Waals surface area contributed by atoms with E-state index in [1.54, 1.807) is 12.3 Å². The van der Waals surface area contributed by atoms with Gasteiger partial charge in [0, 0.05) is 35.3 Å². The van der Waals surface area contributed by atoms with E-state index in [1.165, 1.54) is 11.3 Å². The molecule has 2 aromatic heterocycles. The number of terminal acetylenes is 1. The molecule has 4 rings (SSSR count). The molecule has 0 aromatic carbocycles. The van der Waals surface area contributed by atoms with Gasteiger partial charge in [-0.05, 0) is 52.5 Å². The van der Waals surface area contributed by atoms with E-state index < -0.39 is 5.41 Å². The summed E-state index contributed by atoms with van der Waals surface area (Å²) in [6.07, 6.45) is 10.4. The number of rotatable bonds is 3. The number of fused-ring (bicyclic) bond motifs is 1. The molecule has 35 heavy (non-hydrogen) atoms. The van der Waals surface area contributed by atoms with Gasteiger partial charge in [-0.2, -0.15) is 5.26 Å². The molecule has 182 valence electrons. The molecule has 9 nitrogen and oxygen atoms in total. The van der Waals surface area contributed by atoms with Crippen molar-refractivity contribution in [2.45, 2.75) is 63.5 Å². The van der Waals surface area contributed by atoms with Crippen molar-refractivity contribution in [2.24, 2.45) is 0 Å². The number of nitrogen functional groups attached to an aromatic ring is 1. The van der Waals surface area contributed by atoms with E-state index in [0.717, 1.165) is 24.1 Å². The van der Waals surface area contributed by atoms with Gasteiger partial charge in [0.2, 0.25) is 11.9 Å². The van der Waals surface area contributed by atoms with Crippen LogP contribution in [0.5, 0.6) is 0 Å². The second kappa shape index (κ2) is 9.29. The maximum Gasteiger partial charge on any atom is 0.236 e. The molecule has 1 aliphatic heterocycles. The molecule has 5 N–H and O–H groups in total. The summed E-state index contributed by atoms with van der Waals surface area (Å²) in [5, 5.41) is 24.9. The molecular weight excluding hydrogens is 460 g/mol. The van der Waals surface area contributed by atoms with Gasteiger partial charge in [-0.25, -0.2) is 9.97 Å². The summed E-state index contributed by atoms with van der Waals surface area (Å²) in [5.74, 6) is 2.76. The van der Waals surface area contributed by atoms with Gasteiger partial charge >= 0.3 is 0 Å². The van der Waals surface area contributed by atoms with Gasteiger partial charge in [-0.1, -0.05) is 5.92 Å². The van der Waals surface area contributed by atoms with Crippen molar-refractivity contribution >= 4 is 34.0 Å². The molecule has 0 spiro atoms. The molecule has 1 amide bonds. The van der Waals surface area contributed by atoms with E-state index in [-0.39, 0.29) is 23.3 Å². The van der Waals surface area contributed by atoms with Gasteiger partial charge in [-0.15, -0.1) is 17.8 Å². The van der Waals surface area contributed by atoms with Gasteiger partial charge < -0.3 is 21.3 Å². The standard InChI is InChI=1S/C25H30N8OS/c1-5-15-14-30-24(2,3)10-12-33(15)23-29-11-8-17(31-23)20(27)32-22(34)25(4)9-6-7-18-19(25)16(13-26)21(28)35-18/h1,8,11,15,30H,6-7,9-10,12,14,28H2,2-4H3,(H2,27,32,34)/t15-,25-/m0/s1. The number of nitriles is 1. The summed E-state index contributed by atoms with van der Waals surface area (Å²) in [6.45, 7) is 7.33. The van der Waals surface area contributed by atoms with E-state index in [4.69, 9.17) is 17.6 Å². The Bertz CT molecular complexity index is 1250. The first-order chi connectivity index (χ1) is 16.6. The SMILES string of the molecule is C#C[C@H]1CNC(C)(C)CCN1c1nccc(C(=N)NC(=O)[C@@]2(C)CCCc3sc(N)c(C#N)c32)n1. The van der Waals surface area contributed by atoms with E-state index in [1.807, 2.05) is 11.8 Å². The monoisotopic (exact) mass is 490 g/mol. The number of nitrogens with zero attached hydrogens (tertiary/aromatic N) is 4. The minimum atomic E-state index is -0.953. The highest BCUT2D eigenvalue weighted by molar-refractivity contribution is 7.16. The van der Waals surface area contributed by atoms with E-state index in [9.17, 15) is 10.1 Å². The second-order valence-corrected chi connectivity index (χ2v) is 11.0. The normalized spacial score (nSPS) is 23.3. The van der Waals surface area contributed by atoms with Crippen LogP contribution in [0.1, 0.15) is 61.7 Å². The van der Waals surface area contributed by atoms with Crippen LogP contribution < -0.4 is 21.3 Å². The molecule has 10 heteroatoms. The van der Waals surface area contributed by atoms with E-state index in [2.05, 4.69) is 46.4 Å². The number of amidine groups is 1. The minimum Gasteiger partial charge on any atom is -0.389 e. The first-order valence-electron chi connectivity index (χ1n) is 11.6. The first-order valence-corrected chi connectivity index (χ1v) is 12.4. The van der Waals surface area contributed by atoms with E-state index in [0.29, 0.717) is 47.3 Å². The number of nitrogens with two attached hydrogens (primary N) is 1. The maximum absolute atomic E-state index is 13.5. The van der Waals surface area contributed by atoms with Crippen molar-refractivity contribution in [1.82, 2.24) is 20.6 Å². The molecule has 0 radical (unpaired) electrons. The minimum absolute atomic E-state index is 0.0657. The maximum atomic E-state index is 13.5. The van der Waals surface area contributed by atoms with E-state index >= 15 is 0 Å². The van der Waals surface area contributed by atoms with Gasteiger partial charge in [0.05, 0.1) is 11.0 Å². The van der Waals surface area contributed by atoms with Crippen molar-refractivity contribution in [3.8, 4) is 18.4 Å². The van der Waals surface area contributed by atoms with Crippen LogP contribution in [-0.2, 0) is 16.6 Å². The Hall–Kier alpha value is -3.47. The van der Waals surface area contributed by atoms with Crippen LogP contribution in [0.3, 0.4) is 0 Å². The molecule has 2 atom stereocenters. The average Bonchev–Trinajstić information content (AvgIpc) is 3.08. The van der Waals surface area contributed by atoms with Gasteiger partial charge in [0.1, 0.15) is 22.8 Å². The number of nitrogens with one attached hydrogen (secondary N) is 3. The van der Waals surface area contributed by atoms with Crippen molar-refractivity contribution in [3.05, 3.63) is 34.0 Å². The van der Waals surface area contributed by atoms with Crippen molar-refractivity contribution < 1.29 is 4.79 Å². The van der Waals surface area contributed by atoms with Crippen molar-refractivity contribution in [3.63, 3.8) is 0 Å². The number of carbonyl (C=O) groups excluding carboxylic acids is 1. The number of hydrogen-bond donors (Lipinski definition) is 4. The smallest absolute Gasteiger partial charge is 0.236 e. The van der Waals surface area contributed by atoms with Crippen molar-refractivity contribution in [1.29, 1.82) is 10.7 Å². The average molecular weight is 491 g/mol. The van der Waals surface area contributed by atoms with Crippen LogP contribution >= 0.6 is 11.3 Å². The highest BCUT2D eigenvalue weighted by Gasteiger charge is 2.43. The Morgan fingerprint density at radius 1 is 1.43 bits per heavy atom. The van der Waals surface area contributed by atoms with Crippen molar-refractivity contribution in [2.75, 3.05) is 23.7 Å². The lowest BCUT2D eigenvalue weighted by molar-refractivity contribution is -0.125. The summed E-state index contributed by atoms with van der Waals surface area (Å²) in [7, 11) is 0. The van der Waals surface area contributed by atoms with Crippen LogP contribution in [-0.4, -0.2) is 46.4 Å². The zero-order chi connectivity index (χ0) is 25.4. The second-order valence-electron chi connectivity index (χ2n) is 9.90. The molecular formula is C25H30N8OS. The topological polar surface area (TPSA) is 144 Å². The fourth-order valence-electron chi connectivity index (χ4n) is 4.78. The molecule has 3 heterocycles. The number of carbonyl (C=O) groups is 1. The lowest BCUT2D eigenvalue weighted by atomic mass is 9.72. The third-order valence-corrected chi connectivity index (χ3v) is 8.05. The Morgan fingerprint density at radius 3 is 2.91 bits per heavy atom. The first kappa shape index (κ1) is 24.6. The molecule has 1 fully saturated rings. The highest BCUT2D eigenvalue weighted by atomic mass is 32.1. The number of aryl methyl sites for hydroxylation is 1. The number of aromatic nitrogens is 2. The zero-order valence-electron chi connectivity index (χ0n) is 20.2. The molecule has 0 unspecified atom stereocenters. The zero-order valence-corrected chi connectivity index (χ0v) is 21.1. The van der Waals surface area contributed by atoms with Gasteiger partial charge in [0.15, 0.2) is 5.84 Å². The van der Waals surface area contributed by atoms with Gasteiger partial charge in [-0.3, -0.25) is 10.2 Å². The Kier molecular flexibility index (Phi) is 6.54. The predicted molar refractivity (Wildman–Crippen MR) is 137 cm³/mol. The summed E-state index contributed by atoms with van der Waals surface area (Å²) in [5.41, 5.74) is 6.40. The third-order valence-electron chi connectivity index (χ3n) is 6.97. The molecule has 0 saturated carbocycles. The number of hydrogen-bond acceptors (Lipinski definition) is 9. The van der Waals surface area contributed by atoms with Crippen LogP contribution in [0.15, 0.2) is 12.3 Å². The van der Waals surface area contributed by atoms with Crippen LogP contribution in [0.25, 0.3) is 0 Å². The Balaban J connectivity index is 1.57. The fraction of sp³-hybridized carbons (Fsp3) is 0.480. The lowest BCUT2D eigenvalue weighted by Gasteiger charge is -2.33. The summed E-state index contributed by atoms with van der Waals surface area (Å²) in [4.78, 5) is 25.4. The predicted octanol–water partition coefficient (Wildman–Crippen LogP) is 2.31. The summed E-state index contributed by atoms with van der Waals surface area (Å²) in [6, 6.07) is 3.53. The lowest BCUT2D eigenvalue weighted by Crippen LogP contribution is -2.47. The molecule has 2 aromatic rings. The fourth-order valence-corrected chi connectivity index (χ4v) is 5.97. The number of amides is 1. The van der Waals surface area contributed by atoms with Crippen LogP contribution in [0, 0.1) is 29.1 Å². The molecule has 0 bridgehead atoms. The molecule has 2 aliphatic rings. The molecule has 1 saturated heterocycles. The highest BCUT2D eigenvalue weighted by Crippen LogP contribution is 2.45.